The van der Waals surface area contributed by atoms with Crippen LogP contribution in [0.25, 0.3) is 0 Å². The van der Waals surface area contributed by atoms with E-state index < -0.39 is 0 Å². The molecule has 0 fully saturated rings. The van der Waals surface area contributed by atoms with Crippen LogP contribution in [0.2, 0.25) is 10.0 Å². The van der Waals surface area contributed by atoms with Crippen molar-refractivity contribution in [2.75, 3.05) is 0 Å². The van der Waals surface area contributed by atoms with Crippen LogP contribution >= 0.6 is 35.0 Å². The van der Waals surface area contributed by atoms with Crippen molar-refractivity contribution in [2.24, 2.45) is 5.73 Å². The Morgan fingerprint density at radius 1 is 1.00 bits per heavy atom. The minimum atomic E-state index is 0.000535. The summed E-state index contributed by atoms with van der Waals surface area (Å²) in [7, 11) is 0. The summed E-state index contributed by atoms with van der Waals surface area (Å²) in [4.78, 5) is 1.13. The maximum atomic E-state index is 6.26. The average molecular weight is 312 g/mol. The minimum Gasteiger partial charge on any atom is -0.327 e. The molecule has 4 heteroatoms. The van der Waals surface area contributed by atoms with Crippen molar-refractivity contribution >= 4 is 35.0 Å². The molecule has 0 aliphatic heterocycles. The summed E-state index contributed by atoms with van der Waals surface area (Å²) in [6.45, 7) is 2.00. The maximum Gasteiger partial charge on any atom is 0.0507 e. The molecule has 0 aromatic heterocycles. The number of hydrogen-bond acceptors (Lipinski definition) is 2. The van der Waals surface area contributed by atoms with Crippen LogP contribution in [0.3, 0.4) is 0 Å². The lowest BCUT2D eigenvalue weighted by Crippen LogP contribution is -2.22. The second-order valence-electron chi connectivity index (χ2n) is 4.37. The van der Waals surface area contributed by atoms with Crippen molar-refractivity contribution in [2.45, 2.75) is 23.1 Å². The van der Waals surface area contributed by atoms with Crippen LogP contribution in [0.15, 0.2) is 53.4 Å². The van der Waals surface area contributed by atoms with Gasteiger partial charge in [-0.2, -0.15) is 0 Å². The lowest BCUT2D eigenvalue weighted by Gasteiger charge is -2.22. The molecular formula is C15H15Cl2NS. The lowest BCUT2D eigenvalue weighted by atomic mass is 10.1. The first kappa shape index (κ1) is 14.7. The summed E-state index contributed by atoms with van der Waals surface area (Å²) in [6.07, 6.45) is 0. The van der Waals surface area contributed by atoms with Gasteiger partial charge in [0.25, 0.3) is 0 Å². The number of rotatable bonds is 4. The molecule has 19 heavy (non-hydrogen) atoms. The van der Waals surface area contributed by atoms with Crippen molar-refractivity contribution in [3.63, 3.8) is 0 Å². The Kier molecular flexibility index (Phi) is 5.17. The topological polar surface area (TPSA) is 26.0 Å². The highest BCUT2D eigenvalue weighted by atomic mass is 35.5. The summed E-state index contributed by atoms with van der Waals surface area (Å²) < 4.78 is 0. The lowest BCUT2D eigenvalue weighted by molar-refractivity contribution is 0.721. The number of halogens is 2. The smallest absolute Gasteiger partial charge is 0.0507 e. The zero-order valence-electron chi connectivity index (χ0n) is 10.5. The highest BCUT2D eigenvalue weighted by Crippen LogP contribution is 2.40. The maximum absolute atomic E-state index is 6.26. The highest BCUT2D eigenvalue weighted by Gasteiger charge is 2.20. The summed E-state index contributed by atoms with van der Waals surface area (Å²) in [6, 6.07) is 15.6. The van der Waals surface area contributed by atoms with Gasteiger partial charge in [0.05, 0.1) is 5.25 Å². The fraction of sp³-hybridized carbons (Fsp3) is 0.200. The molecule has 2 unspecified atom stereocenters. The van der Waals surface area contributed by atoms with Gasteiger partial charge < -0.3 is 5.73 Å². The molecule has 100 valence electrons. The molecule has 0 radical (unpaired) electrons. The molecule has 1 nitrogen and oxygen atoms in total. The molecule has 0 spiro atoms. The molecule has 0 saturated carbocycles. The first-order valence-electron chi connectivity index (χ1n) is 6.00. The molecule has 0 aliphatic carbocycles. The van der Waals surface area contributed by atoms with E-state index in [2.05, 4.69) is 0 Å². The largest absolute Gasteiger partial charge is 0.327 e. The first-order chi connectivity index (χ1) is 9.08. The quantitative estimate of drug-likeness (QED) is 0.788. The Labute approximate surface area is 128 Å². The Morgan fingerprint density at radius 2 is 1.63 bits per heavy atom. The molecular weight excluding hydrogens is 297 g/mol. The summed E-state index contributed by atoms with van der Waals surface area (Å²) >= 11 is 13.9. The molecule has 0 saturated heterocycles. The van der Waals surface area contributed by atoms with E-state index in [1.54, 1.807) is 11.8 Å². The normalized spacial score (nSPS) is 14.1. The van der Waals surface area contributed by atoms with E-state index >= 15 is 0 Å². The van der Waals surface area contributed by atoms with Crippen LogP contribution in [0, 0.1) is 0 Å². The van der Waals surface area contributed by atoms with E-state index in [4.69, 9.17) is 28.9 Å². The van der Waals surface area contributed by atoms with Gasteiger partial charge >= 0.3 is 0 Å². The Hall–Kier alpha value is -0.670. The number of benzene rings is 2. The monoisotopic (exact) mass is 311 g/mol. The molecule has 2 rings (SSSR count). The second-order valence-corrected chi connectivity index (χ2v) is 6.43. The van der Waals surface area contributed by atoms with Crippen LogP contribution in [0.1, 0.15) is 17.7 Å². The van der Waals surface area contributed by atoms with Gasteiger partial charge in [-0.3, -0.25) is 0 Å². The van der Waals surface area contributed by atoms with Crippen LogP contribution in [-0.2, 0) is 0 Å². The number of nitrogens with two attached hydrogens (primary N) is 1. The summed E-state index contributed by atoms with van der Waals surface area (Å²) in [5, 5.41) is 1.61. The van der Waals surface area contributed by atoms with Gasteiger partial charge in [-0.25, -0.2) is 0 Å². The Balaban J connectivity index is 2.27. The molecule has 0 bridgehead atoms. The van der Waals surface area contributed by atoms with Gasteiger partial charge in [0.2, 0.25) is 0 Å². The molecule has 2 atom stereocenters. The summed E-state index contributed by atoms with van der Waals surface area (Å²) in [5.41, 5.74) is 7.18. The molecule has 2 N–H and O–H groups in total. The van der Waals surface area contributed by atoms with Crippen molar-refractivity contribution in [3.8, 4) is 0 Å². The third-order valence-electron chi connectivity index (χ3n) is 2.77. The van der Waals surface area contributed by atoms with E-state index in [0.29, 0.717) is 0 Å². The van der Waals surface area contributed by atoms with Gasteiger partial charge in [0, 0.05) is 21.0 Å². The van der Waals surface area contributed by atoms with E-state index in [-0.39, 0.29) is 11.3 Å². The first-order valence-corrected chi connectivity index (χ1v) is 7.63. The number of hydrogen-bond donors (Lipinski definition) is 1. The van der Waals surface area contributed by atoms with Gasteiger partial charge in [0.15, 0.2) is 0 Å². The minimum absolute atomic E-state index is 0.000535. The molecule has 2 aromatic carbocycles. The second kappa shape index (κ2) is 6.67. The van der Waals surface area contributed by atoms with Crippen molar-refractivity contribution in [3.05, 3.63) is 64.1 Å². The zero-order chi connectivity index (χ0) is 13.8. The standard InChI is InChI=1S/C15H15Cl2NS/c1-10(18)15(13-4-2-3-5-14(13)17)19-12-8-6-11(16)7-9-12/h2-10,15H,18H2,1H3. The van der Waals surface area contributed by atoms with Crippen LogP contribution < -0.4 is 5.73 Å². The van der Waals surface area contributed by atoms with Gasteiger partial charge in [-0.05, 0) is 42.8 Å². The van der Waals surface area contributed by atoms with E-state index in [0.717, 1.165) is 20.5 Å². The predicted molar refractivity (Wildman–Crippen MR) is 85.2 cm³/mol. The zero-order valence-corrected chi connectivity index (χ0v) is 12.8. The number of thioether (sulfide) groups is 1. The molecule has 0 amide bonds. The Bertz CT molecular complexity index is 540. The fourth-order valence-corrected chi connectivity index (χ4v) is 3.40. The van der Waals surface area contributed by atoms with E-state index in [1.165, 1.54) is 0 Å². The van der Waals surface area contributed by atoms with Crippen LogP contribution in [0.4, 0.5) is 0 Å². The van der Waals surface area contributed by atoms with E-state index in [1.807, 2.05) is 55.5 Å². The molecule has 2 aromatic rings. The van der Waals surface area contributed by atoms with Crippen molar-refractivity contribution in [1.29, 1.82) is 0 Å². The van der Waals surface area contributed by atoms with Gasteiger partial charge in [0.1, 0.15) is 0 Å². The van der Waals surface area contributed by atoms with Crippen molar-refractivity contribution in [1.82, 2.24) is 0 Å². The Morgan fingerprint density at radius 3 is 2.21 bits per heavy atom. The van der Waals surface area contributed by atoms with Gasteiger partial charge in [-0.1, -0.05) is 41.4 Å². The predicted octanol–water partition coefficient (Wildman–Crippen LogP) is 5.17. The highest BCUT2D eigenvalue weighted by molar-refractivity contribution is 7.99. The van der Waals surface area contributed by atoms with Crippen molar-refractivity contribution < 1.29 is 0 Å². The SMILES string of the molecule is CC(N)C(Sc1ccc(Cl)cc1)c1ccccc1Cl. The molecule has 0 aliphatic rings. The summed E-state index contributed by atoms with van der Waals surface area (Å²) in [5.74, 6) is 0. The third kappa shape index (κ3) is 3.90. The van der Waals surface area contributed by atoms with Gasteiger partial charge in [-0.15, -0.1) is 11.8 Å². The van der Waals surface area contributed by atoms with Crippen LogP contribution in [-0.4, -0.2) is 6.04 Å². The van der Waals surface area contributed by atoms with Crippen LogP contribution in [0.5, 0.6) is 0 Å². The average Bonchev–Trinajstić information content (AvgIpc) is 2.39. The fourth-order valence-electron chi connectivity index (χ4n) is 1.82. The molecule has 0 heterocycles. The third-order valence-corrected chi connectivity index (χ3v) is 4.84. The van der Waals surface area contributed by atoms with E-state index in [9.17, 15) is 0 Å².